The molecule has 1 N–H and O–H groups in total. The predicted molar refractivity (Wildman–Crippen MR) is 135 cm³/mol. The fourth-order valence-electron chi connectivity index (χ4n) is 5.47. The minimum absolute atomic E-state index is 0.00390. The highest BCUT2D eigenvalue weighted by Gasteiger charge is 2.55. The van der Waals surface area contributed by atoms with Gasteiger partial charge in [-0.2, -0.15) is 0 Å². The maximum Gasteiger partial charge on any atom is 0.303 e. The largest absolute Gasteiger partial charge is 0.450 e. The van der Waals surface area contributed by atoms with Crippen molar-refractivity contribution >= 4 is 33.5 Å². The smallest absolute Gasteiger partial charge is 0.303 e. The van der Waals surface area contributed by atoms with Crippen molar-refractivity contribution in [3.05, 3.63) is 58.6 Å². The molecule has 0 spiro atoms. The number of amides is 1. The summed E-state index contributed by atoms with van der Waals surface area (Å²) >= 11 is 6.06. The van der Waals surface area contributed by atoms with Crippen LogP contribution in [0.4, 0.5) is 8.78 Å². The third-order valence-electron chi connectivity index (χ3n) is 7.00. The highest BCUT2D eigenvalue weighted by atomic mass is 35.5. The van der Waals surface area contributed by atoms with Gasteiger partial charge in [0.2, 0.25) is 10.0 Å². The normalized spacial score (nSPS) is 23.4. The van der Waals surface area contributed by atoms with Crippen LogP contribution in [0.3, 0.4) is 0 Å². The van der Waals surface area contributed by atoms with Crippen molar-refractivity contribution in [2.24, 2.45) is 5.92 Å². The lowest BCUT2D eigenvalue weighted by Crippen LogP contribution is -2.72. The van der Waals surface area contributed by atoms with E-state index in [-0.39, 0.29) is 29.5 Å². The summed E-state index contributed by atoms with van der Waals surface area (Å²) in [6, 6.07) is 6.70. The first-order valence-electron chi connectivity index (χ1n) is 11.9. The molecule has 3 aliphatic rings. The number of hydrogen-bond acceptors (Lipinski definition) is 5. The quantitative estimate of drug-likeness (QED) is 0.521. The summed E-state index contributed by atoms with van der Waals surface area (Å²) in [6.45, 7) is 4.10. The maximum absolute atomic E-state index is 15.8. The van der Waals surface area contributed by atoms with E-state index in [1.54, 1.807) is 18.2 Å². The number of rotatable bonds is 7. The van der Waals surface area contributed by atoms with E-state index in [1.807, 2.05) is 0 Å². The number of nitrogens with zero attached hydrogens (tertiary/aromatic N) is 1. The third-order valence-corrected chi connectivity index (χ3v) is 7.93. The van der Waals surface area contributed by atoms with E-state index in [0.29, 0.717) is 23.4 Å². The van der Waals surface area contributed by atoms with Gasteiger partial charge in [0.05, 0.1) is 12.3 Å². The summed E-state index contributed by atoms with van der Waals surface area (Å²) in [5.41, 5.74) is -1.16. The van der Waals surface area contributed by atoms with Crippen LogP contribution in [-0.2, 0) is 30.8 Å². The van der Waals surface area contributed by atoms with Crippen molar-refractivity contribution in [2.75, 3.05) is 6.26 Å². The lowest BCUT2D eigenvalue weighted by Gasteiger charge is -2.59. The second kappa shape index (κ2) is 9.96. The van der Waals surface area contributed by atoms with Gasteiger partial charge in [0.1, 0.15) is 11.6 Å². The molecule has 2 aliphatic heterocycles. The Balaban J connectivity index is 1.78. The second-order valence-corrected chi connectivity index (χ2v) is 12.5. The molecule has 7 nitrogen and oxygen atoms in total. The fraction of sp³-hybridized carbons (Fsp3) is 0.462. The Morgan fingerprint density at radius 2 is 1.86 bits per heavy atom. The van der Waals surface area contributed by atoms with Gasteiger partial charge in [-0.15, -0.1) is 0 Å². The van der Waals surface area contributed by atoms with Crippen LogP contribution < -0.4 is 4.72 Å². The zero-order chi connectivity index (χ0) is 27.3. The van der Waals surface area contributed by atoms with Crippen LogP contribution in [-0.4, -0.2) is 55.2 Å². The molecule has 0 radical (unpaired) electrons. The molecule has 37 heavy (non-hydrogen) atoms. The van der Waals surface area contributed by atoms with E-state index < -0.39 is 51.2 Å². The Morgan fingerprint density at radius 3 is 2.46 bits per heavy atom. The number of halogens is 3. The molecule has 2 atom stereocenters. The topological polar surface area (TPSA) is 92.8 Å². The summed E-state index contributed by atoms with van der Waals surface area (Å²) in [6.07, 6.45) is 1.96. The Morgan fingerprint density at radius 1 is 1.19 bits per heavy atom. The maximum atomic E-state index is 15.8. The van der Waals surface area contributed by atoms with Crippen molar-refractivity contribution in [3.8, 4) is 11.1 Å². The van der Waals surface area contributed by atoms with Crippen LogP contribution in [0.1, 0.15) is 39.2 Å². The van der Waals surface area contributed by atoms with E-state index in [9.17, 15) is 22.4 Å². The number of ether oxygens (including phenoxy) is 1. The molecular formula is C26H29ClF2N2O5S. The van der Waals surface area contributed by atoms with Crippen molar-refractivity contribution in [1.82, 2.24) is 9.62 Å². The lowest BCUT2D eigenvalue weighted by molar-refractivity contribution is -0.179. The predicted octanol–water partition coefficient (Wildman–Crippen LogP) is 4.08. The number of hydrogen-bond donors (Lipinski definition) is 1. The standard InChI is InChI=1S/C26H29ClF2N2O5S/c1-14(32)36-26(2,3)25(33)31-20-10-17(11-20)24(30-37(4,34)35)22(31)12-16-9-19(28)13-21(23(16)29)15-6-5-7-18(27)8-15/h5-9,13,17,20,22,24,30H,10-12H2,1-4H3/t17?,20?,22-,24-/m0/s1. The van der Waals surface area contributed by atoms with E-state index in [4.69, 9.17) is 16.3 Å². The molecule has 3 fully saturated rings. The number of esters is 1. The SMILES string of the molecule is CC(=O)OC(C)(C)C(=O)N1C2CC(C2)[C@H](NS(C)(=O)=O)[C@@H]1Cc1cc(F)cc(-c2cccc(Cl)c2)c1F. The lowest BCUT2D eigenvalue weighted by atomic mass is 9.66. The molecule has 2 heterocycles. The number of nitrogens with one attached hydrogen (secondary N) is 1. The van der Waals surface area contributed by atoms with Crippen molar-refractivity contribution in [3.63, 3.8) is 0 Å². The van der Waals surface area contributed by atoms with Gasteiger partial charge in [-0.25, -0.2) is 21.9 Å². The second-order valence-electron chi connectivity index (χ2n) is 10.3. The summed E-state index contributed by atoms with van der Waals surface area (Å²) in [5, 5.41) is 0.358. The van der Waals surface area contributed by atoms with Gasteiger partial charge in [0, 0.05) is 29.6 Å². The Labute approximate surface area is 220 Å². The fourth-order valence-corrected chi connectivity index (χ4v) is 6.51. The first-order chi connectivity index (χ1) is 17.2. The Kier molecular flexibility index (Phi) is 7.40. The molecule has 2 bridgehead atoms. The minimum Gasteiger partial charge on any atom is -0.450 e. The molecule has 0 aromatic heterocycles. The molecule has 11 heteroatoms. The van der Waals surface area contributed by atoms with Crippen LogP contribution in [0.5, 0.6) is 0 Å². The van der Waals surface area contributed by atoms with Gasteiger partial charge in [-0.1, -0.05) is 23.7 Å². The van der Waals surface area contributed by atoms with Gasteiger partial charge >= 0.3 is 5.97 Å². The van der Waals surface area contributed by atoms with Crippen LogP contribution in [0, 0.1) is 17.6 Å². The average Bonchev–Trinajstić information content (AvgIpc) is 2.73. The van der Waals surface area contributed by atoms with Crippen molar-refractivity contribution in [1.29, 1.82) is 0 Å². The summed E-state index contributed by atoms with van der Waals surface area (Å²) in [5.74, 6) is -2.62. The summed E-state index contributed by atoms with van der Waals surface area (Å²) in [7, 11) is -3.69. The van der Waals surface area contributed by atoms with E-state index >= 15 is 4.39 Å². The molecule has 200 valence electrons. The molecule has 0 unspecified atom stereocenters. The van der Waals surface area contributed by atoms with Gasteiger partial charge in [0.25, 0.3) is 5.91 Å². The molecule has 2 aromatic carbocycles. The number of benzene rings is 2. The van der Waals surface area contributed by atoms with Gasteiger partial charge in [-0.05, 0) is 74.4 Å². The highest BCUT2D eigenvalue weighted by molar-refractivity contribution is 7.88. The number of sulfonamides is 1. The molecule has 1 amide bonds. The Hall–Kier alpha value is -2.56. The molecule has 1 aliphatic carbocycles. The van der Waals surface area contributed by atoms with Gasteiger partial charge < -0.3 is 9.64 Å². The number of piperidine rings is 2. The number of carbonyl (C=O) groups excluding carboxylic acids is 2. The van der Waals surface area contributed by atoms with E-state index in [0.717, 1.165) is 18.4 Å². The average molecular weight is 555 g/mol. The highest BCUT2D eigenvalue weighted by Crippen LogP contribution is 2.45. The summed E-state index contributed by atoms with van der Waals surface area (Å²) < 4.78 is 62.9. The molecular weight excluding hydrogens is 526 g/mol. The number of fused-ring (bicyclic) bond motifs is 2. The van der Waals surface area contributed by atoms with E-state index in [1.165, 1.54) is 31.7 Å². The minimum atomic E-state index is -3.69. The monoisotopic (exact) mass is 554 g/mol. The first kappa shape index (κ1) is 27.5. The van der Waals surface area contributed by atoms with Crippen molar-refractivity contribution < 1.29 is 31.5 Å². The van der Waals surface area contributed by atoms with Gasteiger partial charge in [0.15, 0.2) is 5.60 Å². The van der Waals surface area contributed by atoms with Crippen LogP contribution in [0.2, 0.25) is 5.02 Å². The zero-order valence-corrected chi connectivity index (χ0v) is 22.5. The van der Waals surface area contributed by atoms with Gasteiger partial charge in [-0.3, -0.25) is 9.59 Å². The third kappa shape index (κ3) is 5.81. The number of carbonyl (C=O) groups is 2. The molecule has 2 saturated heterocycles. The molecule has 5 rings (SSSR count). The van der Waals surface area contributed by atoms with Crippen LogP contribution >= 0.6 is 11.6 Å². The van der Waals surface area contributed by atoms with E-state index in [2.05, 4.69) is 4.72 Å². The van der Waals surface area contributed by atoms with Crippen molar-refractivity contribution in [2.45, 2.75) is 63.8 Å². The molecule has 2 aromatic rings. The molecule has 1 saturated carbocycles. The van der Waals surface area contributed by atoms with Crippen LogP contribution in [0.15, 0.2) is 36.4 Å². The Bertz CT molecular complexity index is 1340. The van der Waals surface area contributed by atoms with Crippen LogP contribution in [0.25, 0.3) is 11.1 Å². The summed E-state index contributed by atoms with van der Waals surface area (Å²) in [4.78, 5) is 26.8. The first-order valence-corrected chi connectivity index (χ1v) is 14.2. The zero-order valence-electron chi connectivity index (χ0n) is 20.9.